The van der Waals surface area contributed by atoms with Gasteiger partial charge in [-0.2, -0.15) is 8.42 Å². The average molecular weight is 268 g/mol. The van der Waals surface area contributed by atoms with Crippen molar-refractivity contribution in [1.29, 1.82) is 0 Å². The van der Waals surface area contributed by atoms with Crippen molar-refractivity contribution in [2.24, 2.45) is 0 Å². The third kappa shape index (κ3) is 1.71. The first-order valence-electron chi connectivity index (χ1n) is 5.30. The van der Waals surface area contributed by atoms with Gasteiger partial charge in [-0.05, 0) is 32.4 Å². The number of nitrogens with zero attached hydrogens (tertiary/aromatic N) is 2. The number of pyridine rings is 1. The Balaban J connectivity index is 2.69. The molecule has 1 aliphatic rings. The number of ketones is 1. The Kier molecular flexibility index (Phi) is 2.73. The van der Waals surface area contributed by atoms with Crippen LogP contribution in [0.25, 0.3) is 0 Å². The Morgan fingerprint density at radius 1 is 1.39 bits per heavy atom. The highest BCUT2D eigenvalue weighted by Gasteiger charge is 2.44. The first-order valence-corrected chi connectivity index (χ1v) is 6.74. The minimum absolute atomic E-state index is 0.0712. The highest BCUT2D eigenvalue weighted by Crippen LogP contribution is 2.30. The molecule has 0 saturated heterocycles. The van der Waals surface area contributed by atoms with Gasteiger partial charge in [0.15, 0.2) is 5.03 Å². The number of Topliss-reactive ketones (excluding diaryl/α,β-unsaturated/α-hetero) is 1. The van der Waals surface area contributed by atoms with E-state index in [1.54, 1.807) is 19.9 Å². The molecule has 0 N–H and O–H groups in total. The predicted octanol–water partition coefficient (Wildman–Crippen LogP) is 0.432. The van der Waals surface area contributed by atoms with Gasteiger partial charge in [-0.3, -0.25) is 9.59 Å². The molecule has 0 saturated carbocycles. The van der Waals surface area contributed by atoms with Crippen molar-refractivity contribution >= 4 is 21.7 Å². The number of aryl methyl sites for hydroxylation is 2. The lowest BCUT2D eigenvalue weighted by Gasteiger charge is -2.11. The van der Waals surface area contributed by atoms with Crippen LogP contribution in [0.5, 0.6) is 0 Å². The zero-order chi connectivity index (χ0) is 13.7. The van der Waals surface area contributed by atoms with Crippen LogP contribution in [-0.2, 0) is 14.8 Å². The quantitative estimate of drug-likeness (QED) is 0.776. The molecule has 0 fully saturated rings. The maximum atomic E-state index is 12.1. The normalized spacial score (nSPS) is 16.8. The van der Waals surface area contributed by atoms with Gasteiger partial charge in [0, 0.05) is 5.69 Å². The van der Waals surface area contributed by atoms with Gasteiger partial charge in [0.2, 0.25) is 0 Å². The lowest BCUT2D eigenvalue weighted by atomic mass is 10.1. The molecule has 0 radical (unpaired) electrons. The molecule has 1 aromatic rings. The summed E-state index contributed by atoms with van der Waals surface area (Å²) in [7, 11) is -3.98. The van der Waals surface area contributed by atoms with Gasteiger partial charge < -0.3 is 0 Å². The monoisotopic (exact) mass is 268 g/mol. The lowest BCUT2D eigenvalue weighted by molar-refractivity contribution is -0.116. The molecule has 2 heterocycles. The zero-order valence-corrected chi connectivity index (χ0v) is 11.0. The number of hydrogen-bond acceptors (Lipinski definition) is 5. The highest BCUT2D eigenvalue weighted by molar-refractivity contribution is 7.90. The van der Waals surface area contributed by atoms with E-state index in [-0.39, 0.29) is 10.6 Å². The predicted molar refractivity (Wildman–Crippen MR) is 62.6 cm³/mol. The fraction of sp³-hybridized carbons (Fsp3) is 0.364. The Morgan fingerprint density at radius 2 is 2.00 bits per heavy atom. The van der Waals surface area contributed by atoms with Crippen molar-refractivity contribution < 1.29 is 18.0 Å². The third-order valence-corrected chi connectivity index (χ3v) is 4.31. The summed E-state index contributed by atoms with van der Waals surface area (Å²) in [4.78, 5) is 27.0. The largest absolute Gasteiger partial charge is 0.298 e. The van der Waals surface area contributed by atoms with E-state index in [4.69, 9.17) is 0 Å². The average Bonchev–Trinajstić information content (AvgIpc) is 2.39. The second-order valence-electron chi connectivity index (χ2n) is 4.28. The molecule has 6 nitrogen and oxygen atoms in total. The van der Waals surface area contributed by atoms with Gasteiger partial charge in [-0.25, -0.2) is 9.29 Å². The van der Waals surface area contributed by atoms with E-state index in [1.165, 1.54) is 6.92 Å². The molecular formula is C11H12N2O4S. The zero-order valence-electron chi connectivity index (χ0n) is 10.2. The lowest BCUT2D eigenvalue weighted by Crippen LogP contribution is -2.34. The first kappa shape index (κ1) is 12.7. The van der Waals surface area contributed by atoms with Crippen molar-refractivity contribution in [3.05, 3.63) is 22.9 Å². The standard InChI is InChI=1S/C11H12N2O4S/c1-6-4-7(2)12-10-9(6)11(15)13(5-8(3)14)18(10,16)17/h4H,5H2,1-3H3. The van der Waals surface area contributed by atoms with Crippen LogP contribution < -0.4 is 0 Å². The molecular weight excluding hydrogens is 256 g/mol. The van der Waals surface area contributed by atoms with Crippen LogP contribution in [0.15, 0.2) is 11.1 Å². The molecule has 0 spiro atoms. The highest BCUT2D eigenvalue weighted by atomic mass is 32.2. The minimum atomic E-state index is -3.98. The molecule has 0 atom stereocenters. The summed E-state index contributed by atoms with van der Waals surface area (Å²) in [5, 5.41) is -0.244. The maximum absolute atomic E-state index is 12.1. The SMILES string of the molecule is CC(=O)CN1C(=O)c2c(C)cc(C)nc2S1(=O)=O. The number of sulfonamides is 1. The van der Waals surface area contributed by atoms with Crippen LogP contribution >= 0.6 is 0 Å². The molecule has 7 heteroatoms. The topological polar surface area (TPSA) is 84.4 Å². The van der Waals surface area contributed by atoms with E-state index in [0.29, 0.717) is 15.6 Å². The number of fused-ring (bicyclic) bond motifs is 1. The minimum Gasteiger partial charge on any atom is -0.298 e. The van der Waals surface area contributed by atoms with Crippen LogP contribution in [0.3, 0.4) is 0 Å². The van der Waals surface area contributed by atoms with Gasteiger partial charge in [-0.1, -0.05) is 0 Å². The van der Waals surface area contributed by atoms with Gasteiger partial charge >= 0.3 is 0 Å². The van der Waals surface area contributed by atoms with Gasteiger partial charge in [-0.15, -0.1) is 0 Å². The fourth-order valence-corrected chi connectivity index (χ4v) is 3.58. The fourth-order valence-electron chi connectivity index (χ4n) is 1.95. The van der Waals surface area contributed by atoms with E-state index in [0.717, 1.165) is 0 Å². The number of hydrogen-bond donors (Lipinski definition) is 0. The van der Waals surface area contributed by atoms with Crippen molar-refractivity contribution in [2.45, 2.75) is 25.8 Å². The second kappa shape index (κ2) is 3.88. The van der Waals surface area contributed by atoms with E-state index in [2.05, 4.69) is 4.98 Å². The van der Waals surface area contributed by atoms with Crippen LogP contribution in [-0.4, -0.2) is 35.9 Å². The third-order valence-electron chi connectivity index (χ3n) is 2.65. The first-order chi connectivity index (χ1) is 8.25. The summed E-state index contributed by atoms with van der Waals surface area (Å²) in [6, 6.07) is 1.64. The number of carbonyl (C=O) groups excluding carboxylic acids is 2. The van der Waals surface area contributed by atoms with E-state index < -0.39 is 28.3 Å². The summed E-state index contributed by atoms with van der Waals surface area (Å²) in [5.41, 5.74) is 1.14. The van der Waals surface area contributed by atoms with E-state index in [9.17, 15) is 18.0 Å². The van der Waals surface area contributed by atoms with Crippen molar-refractivity contribution in [3.8, 4) is 0 Å². The molecule has 0 bridgehead atoms. The Bertz CT molecular complexity index is 664. The van der Waals surface area contributed by atoms with Crippen LogP contribution in [0.2, 0.25) is 0 Å². The van der Waals surface area contributed by atoms with Crippen LogP contribution in [0, 0.1) is 13.8 Å². The molecule has 2 rings (SSSR count). The van der Waals surface area contributed by atoms with Crippen molar-refractivity contribution in [3.63, 3.8) is 0 Å². The van der Waals surface area contributed by atoms with E-state index >= 15 is 0 Å². The summed E-state index contributed by atoms with van der Waals surface area (Å²) in [6.45, 7) is 4.09. The molecule has 0 aliphatic carbocycles. The molecule has 0 aromatic carbocycles. The number of aromatic nitrogens is 1. The summed E-state index contributed by atoms with van der Waals surface area (Å²) in [6.07, 6.45) is 0. The summed E-state index contributed by atoms with van der Waals surface area (Å²) in [5.74, 6) is -1.07. The smallest absolute Gasteiger partial charge is 0.285 e. The molecule has 96 valence electrons. The van der Waals surface area contributed by atoms with Crippen molar-refractivity contribution in [1.82, 2.24) is 9.29 Å². The van der Waals surface area contributed by atoms with Crippen LogP contribution in [0.1, 0.15) is 28.5 Å². The Hall–Kier alpha value is -1.76. The number of carbonyl (C=O) groups is 2. The molecule has 1 amide bonds. The second-order valence-corrected chi connectivity index (χ2v) is 6.06. The molecule has 0 unspecified atom stereocenters. The number of amides is 1. The van der Waals surface area contributed by atoms with Crippen LogP contribution in [0.4, 0.5) is 0 Å². The van der Waals surface area contributed by atoms with E-state index in [1.807, 2.05) is 0 Å². The van der Waals surface area contributed by atoms with Gasteiger partial charge in [0.05, 0.1) is 12.1 Å². The maximum Gasteiger partial charge on any atom is 0.285 e. The number of rotatable bonds is 2. The Labute approximate surface area is 105 Å². The molecule has 1 aliphatic heterocycles. The summed E-state index contributed by atoms with van der Waals surface area (Å²) < 4.78 is 24.8. The molecule has 1 aromatic heterocycles. The van der Waals surface area contributed by atoms with Gasteiger partial charge in [0.1, 0.15) is 5.78 Å². The summed E-state index contributed by atoms with van der Waals surface area (Å²) >= 11 is 0. The molecule has 18 heavy (non-hydrogen) atoms. The van der Waals surface area contributed by atoms with Crippen molar-refractivity contribution in [2.75, 3.05) is 6.54 Å². The Morgan fingerprint density at radius 3 is 2.56 bits per heavy atom. The van der Waals surface area contributed by atoms with Gasteiger partial charge in [0.25, 0.3) is 15.9 Å².